The second-order valence-electron chi connectivity index (χ2n) is 2.53. The molecule has 14 heavy (non-hydrogen) atoms. The third-order valence-corrected chi connectivity index (χ3v) is 3.38. The van der Waals surface area contributed by atoms with Gasteiger partial charge in [-0.25, -0.2) is 20.8 Å². The summed E-state index contributed by atoms with van der Waals surface area (Å²) < 4.78 is 0. The number of hydrazine groups is 1. The summed E-state index contributed by atoms with van der Waals surface area (Å²) >= 11 is 3.17. The van der Waals surface area contributed by atoms with E-state index in [2.05, 4.69) is 20.4 Å². The van der Waals surface area contributed by atoms with Crippen LogP contribution in [0.4, 0.5) is 5.69 Å². The van der Waals surface area contributed by atoms with Crippen molar-refractivity contribution in [2.24, 2.45) is 10.8 Å². The van der Waals surface area contributed by atoms with Gasteiger partial charge in [0.15, 0.2) is 0 Å². The van der Waals surface area contributed by atoms with Crippen molar-refractivity contribution in [3.63, 3.8) is 0 Å². The zero-order valence-electron chi connectivity index (χ0n) is 7.52. The van der Waals surface area contributed by atoms with Crippen LogP contribution >= 0.6 is 23.5 Å². The maximum absolute atomic E-state index is 5.31. The van der Waals surface area contributed by atoms with Crippen LogP contribution in [0.5, 0.6) is 0 Å². The first-order valence-electron chi connectivity index (χ1n) is 3.91. The minimum Gasteiger partial charge on any atom is -0.311 e. The number of amidine groups is 1. The molecule has 7 heteroatoms. The average Bonchev–Trinajstić information content (AvgIpc) is 2.27. The molecule has 0 saturated heterocycles. The molecule has 0 bridgehead atoms. The number of nitrogens with one attached hydrogen (secondary N) is 1. The summed E-state index contributed by atoms with van der Waals surface area (Å²) in [6.45, 7) is 0. The van der Waals surface area contributed by atoms with Crippen molar-refractivity contribution in [3.05, 3.63) is 6.33 Å². The highest BCUT2D eigenvalue weighted by molar-refractivity contribution is 8.00. The molecule has 2 heterocycles. The van der Waals surface area contributed by atoms with Crippen molar-refractivity contribution >= 4 is 35.0 Å². The first-order valence-corrected chi connectivity index (χ1v) is 6.12. The summed E-state index contributed by atoms with van der Waals surface area (Å²) in [7, 11) is 0. The van der Waals surface area contributed by atoms with Crippen LogP contribution in [0.25, 0.3) is 0 Å². The zero-order chi connectivity index (χ0) is 9.97. The molecule has 2 rings (SSSR count). The summed E-state index contributed by atoms with van der Waals surface area (Å²) in [5, 5.41) is 1.80. The molecule has 1 aliphatic rings. The maximum Gasteiger partial charge on any atom is 0.130 e. The number of nitrogens with two attached hydrogens (primary N) is 1. The Kier molecular flexibility index (Phi) is 2.90. The van der Waals surface area contributed by atoms with Crippen LogP contribution in [-0.4, -0.2) is 27.8 Å². The molecule has 0 saturated carbocycles. The molecule has 0 aromatic carbocycles. The van der Waals surface area contributed by atoms with Gasteiger partial charge in [-0.2, -0.15) is 0 Å². The number of hydrogen-bond acceptors (Lipinski definition) is 7. The fourth-order valence-corrected chi connectivity index (χ4v) is 2.45. The highest BCUT2D eigenvalue weighted by atomic mass is 32.2. The van der Waals surface area contributed by atoms with Crippen molar-refractivity contribution in [3.8, 4) is 0 Å². The topological polar surface area (TPSA) is 76.2 Å². The van der Waals surface area contributed by atoms with E-state index in [1.807, 2.05) is 6.26 Å². The Morgan fingerprint density at radius 2 is 2.43 bits per heavy atom. The normalized spacial score (nSPS) is 14.6. The smallest absolute Gasteiger partial charge is 0.130 e. The van der Waals surface area contributed by atoms with Gasteiger partial charge < -0.3 is 5.43 Å². The SMILES string of the molecule is CSc1ncnc2c1N=C(NN)CS2. The molecule has 1 aliphatic heterocycles. The van der Waals surface area contributed by atoms with Gasteiger partial charge in [-0.1, -0.05) is 11.8 Å². The minimum absolute atomic E-state index is 0.730. The lowest BCUT2D eigenvalue weighted by atomic mass is 10.5. The standard InChI is InChI=1S/C7H9N5S2/c1-13-6-5-7(10-3-9-6)14-2-4(11-5)12-8/h3H,2,8H2,1H3,(H,11,12). The van der Waals surface area contributed by atoms with E-state index in [1.54, 1.807) is 29.9 Å². The lowest BCUT2D eigenvalue weighted by Crippen LogP contribution is -2.32. The molecular weight excluding hydrogens is 218 g/mol. The number of rotatable bonds is 1. The summed E-state index contributed by atoms with van der Waals surface area (Å²) in [5.74, 6) is 6.80. The molecular formula is C7H9N5S2. The number of fused-ring (bicyclic) bond motifs is 1. The van der Waals surface area contributed by atoms with Crippen LogP contribution in [0.15, 0.2) is 21.4 Å². The molecule has 1 aromatic heterocycles. The molecule has 0 atom stereocenters. The Labute approximate surface area is 90.0 Å². The Bertz CT molecular complexity index is 378. The zero-order valence-corrected chi connectivity index (χ0v) is 9.15. The van der Waals surface area contributed by atoms with E-state index in [4.69, 9.17) is 5.84 Å². The van der Waals surface area contributed by atoms with Gasteiger partial charge >= 0.3 is 0 Å². The largest absolute Gasteiger partial charge is 0.311 e. The van der Waals surface area contributed by atoms with Gasteiger partial charge in [-0.3, -0.25) is 0 Å². The van der Waals surface area contributed by atoms with Crippen LogP contribution in [0.2, 0.25) is 0 Å². The Morgan fingerprint density at radius 3 is 3.14 bits per heavy atom. The highest BCUT2D eigenvalue weighted by Crippen LogP contribution is 2.36. The summed E-state index contributed by atoms with van der Waals surface area (Å²) in [6.07, 6.45) is 3.53. The van der Waals surface area contributed by atoms with Gasteiger partial charge in [0.25, 0.3) is 0 Å². The van der Waals surface area contributed by atoms with E-state index < -0.39 is 0 Å². The second-order valence-corrected chi connectivity index (χ2v) is 4.29. The van der Waals surface area contributed by atoms with Gasteiger partial charge in [0.05, 0.1) is 5.75 Å². The van der Waals surface area contributed by atoms with Gasteiger partial charge in [0.1, 0.15) is 27.9 Å². The van der Waals surface area contributed by atoms with E-state index in [9.17, 15) is 0 Å². The fraction of sp³-hybridized carbons (Fsp3) is 0.286. The van der Waals surface area contributed by atoms with Gasteiger partial charge in [0, 0.05) is 0 Å². The lowest BCUT2D eigenvalue weighted by molar-refractivity contribution is 0.940. The fourth-order valence-electron chi connectivity index (χ4n) is 1.08. The molecule has 0 amide bonds. The van der Waals surface area contributed by atoms with Crippen LogP contribution < -0.4 is 11.3 Å². The van der Waals surface area contributed by atoms with Crippen molar-refractivity contribution in [1.82, 2.24) is 15.4 Å². The molecule has 0 fully saturated rings. The van der Waals surface area contributed by atoms with Crippen LogP contribution in [0.3, 0.4) is 0 Å². The van der Waals surface area contributed by atoms with E-state index >= 15 is 0 Å². The van der Waals surface area contributed by atoms with E-state index in [0.29, 0.717) is 0 Å². The Morgan fingerprint density at radius 1 is 1.57 bits per heavy atom. The summed E-state index contributed by atoms with van der Waals surface area (Å²) in [5.41, 5.74) is 3.38. The average molecular weight is 227 g/mol. The quantitative estimate of drug-likeness (QED) is 0.320. The molecule has 74 valence electrons. The van der Waals surface area contributed by atoms with Crippen molar-refractivity contribution in [2.45, 2.75) is 10.1 Å². The highest BCUT2D eigenvalue weighted by Gasteiger charge is 2.16. The maximum atomic E-state index is 5.31. The van der Waals surface area contributed by atoms with E-state index in [0.717, 1.165) is 27.3 Å². The number of hydrogen-bond donors (Lipinski definition) is 2. The third-order valence-electron chi connectivity index (χ3n) is 1.71. The molecule has 3 N–H and O–H groups in total. The minimum atomic E-state index is 0.730. The van der Waals surface area contributed by atoms with Gasteiger partial charge in [0.2, 0.25) is 0 Å². The summed E-state index contributed by atoms with van der Waals surface area (Å²) in [6, 6.07) is 0. The third kappa shape index (κ3) is 1.70. The van der Waals surface area contributed by atoms with Crippen LogP contribution in [-0.2, 0) is 0 Å². The molecule has 1 aromatic rings. The molecule has 0 radical (unpaired) electrons. The number of thioether (sulfide) groups is 2. The predicted molar refractivity (Wildman–Crippen MR) is 59.0 cm³/mol. The Balaban J connectivity index is 2.48. The molecule has 0 spiro atoms. The van der Waals surface area contributed by atoms with E-state index in [1.165, 1.54) is 0 Å². The first kappa shape index (κ1) is 9.75. The van der Waals surface area contributed by atoms with Crippen LogP contribution in [0, 0.1) is 0 Å². The van der Waals surface area contributed by atoms with Gasteiger partial charge in [-0.15, -0.1) is 11.8 Å². The van der Waals surface area contributed by atoms with E-state index in [-0.39, 0.29) is 0 Å². The molecule has 5 nitrogen and oxygen atoms in total. The Hall–Kier alpha value is -0.790. The van der Waals surface area contributed by atoms with Crippen LogP contribution in [0.1, 0.15) is 0 Å². The van der Waals surface area contributed by atoms with Crippen molar-refractivity contribution in [1.29, 1.82) is 0 Å². The molecule has 0 aliphatic carbocycles. The number of nitrogens with zero attached hydrogens (tertiary/aromatic N) is 3. The predicted octanol–water partition coefficient (Wildman–Crippen LogP) is 0.797. The second kappa shape index (κ2) is 4.16. The number of aliphatic imine (C=N–C) groups is 1. The molecule has 0 unspecified atom stereocenters. The summed E-state index contributed by atoms with van der Waals surface area (Å²) in [4.78, 5) is 12.7. The van der Waals surface area contributed by atoms with Crippen molar-refractivity contribution < 1.29 is 0 Å². The lowest BCUT2D eigenvalue weighted by Gasteiger charge is -2.14. The number of aromatic nitrogens is 2. The monoisotopic (exact) mass is 227 g/mol. The van der Waals surface area contributed by atoms with Gasteiger partial charge in [-0.05, 0) is 6.26 Å². The first-order chi connectivity index (χ1) is 6.85. The van der Waals surface area contributed by atoms with Crippen molar-refractivity contribution in [2.75, 3.05) is 12.0 Å².